The van der Waals surface area contributed by atoms with Gasteiger partial charge in [-0.2, -0.15) is 0 Å². The SMILES string of the molecule is C1CC2(CN1)CNCCC21OCCO1. The van der Waals surface area contributed by atoms with Gasteiger partial charge in [0.25, 0.3) is 0 Å². The average molecular weight is 198 g/mol. The van der Waals surface area contributed by atoms with Gasteiger partial charge in [-0.25, -0.2) is 0 Å². The van der Waals surface area contributed by atoms with E-state index < -0.39 is 0 Å². The summed E-state index contributed by atoms with van der Waals surface area (Å²) in [7, 11) is 0. The van der Waals surface area contributed by atoms with Crippen LogP contribution in [0, 0.1) is 5.41 Å². The zero-order valence-corrected chi connectivity index (χ0v) is 8.47. The van der Waals surface area contributed by atoms with Gasteiger partial charge < -0.3 is 20.1 Å². The summed E-state index contributed by atoms with van der Waals surface area (Å²) in [6, 6.07) is 0. The highest BCUT2D eigenvalue weighted by Gasteiger charge is 2.57. The molecule has 0 radical (unpaired) electrons. The van der Waals surface area contributed by atoms with Gasteiger partial charge in [-0.3, -0.25) is 0 Å². The molecular weight excluding hydrogens is 180 g/mol. The van der Waals surface area contributed by atoms with Crippen LogP contribution in [0.25, 0.3) is 0 Å². The zero-order chi connectivity index (χ0) is 9.49. The average Bonchev–Trinajstić information content (AvgIpc) is 2.81. The summed E-state index contributed by atoms with van der Waals surface area (Å²) in [6.07, 6.45) is 2.16. The number of ether oxygens (including phenoxy) is 2. The highest BCUT2D eigenvalue weighted by atomic mass is 16.7. The molecule has 3 heterocycles. The third-order valence-electron chi connectivity index (χ3n) is 3.90. The minimum Gasteiger partial charge on any atom is -0.347 e. The van der Waals surface area contributed by atoms with E-state index in [9.17, 15) is 0 Å². The first-order valence-electron chi connectivity index (χ1n) is 5.56. The Kier molecular flexibility index (Phi) is 2.06. The molecule has 0 aliphatic carbocycles. The van der Waals surface area contributed by atoms with E-state index in [1.54, 1.807) is 0 Å². The molecule has 4 nitrogen and oxygen atoms in total. The van der Waals surface area contributed by atoms with Crippen molar-refractivity contribution in [2.45, 2.75) is 18.6 Å². The van der Waals surface area contributed by atoms with Crippen molar-refractivity contribution in [3.8, 4) is 0 Å². The summed E-state index contributed by atoms with van der Waals surface area (Å²) in [4.78, 5) is 0. The monoisotopic (exact) mass is 198 g/mol. The third kappa shape index (κ3) is 1.08. The maximum Gasteiger partial charge on any atom is 0.177 e. The molecular formula is C10H18N2O2. The van der Waals surface area contributed by atoms with E-state index in [1.807, 2.05) is 0 Å². The van der Waals surface area contributed by atoms with Crippen LogP contribution in [0.3, 0.4) is 0 Å². The molecule has 80 valence electrons. The Balaban J connectivity index is 1.91. The Labute approximate surface area is 84.3 Å². The molecule has 0 aromatic rings. The second-order valence-corrected chi connectivity index (χ2v) is 4.58. The van der Waals surface area contributed by atoms with Crippen molar-refractivity contribution in [2.24, 2.45) is 5.41 Å². The minimum absolute atomic E-state index is 0.182. The molecule has 0 aromatic heterocycles. The standard InChI is InChI=1S/C10H18N2O2/c1-3-11-7-9(1)8-12-4-2-10(9)13-5-6-14-10/h11-12H,1-8H2. The fourth-order valence-electron chi connectivity index (χ4n) is 3.11. The van der Waals surface area contributed by atoms with Crippen molar-refractivity contribution < 1.29 is 9.47 Å². The van der Waals surface area contributed by atoms with Crippen LogP contribution in [-0.2, 0) is 9.47 Å². The molecule has 14 heavy (non-hydrogen) atoms. The van der Waals surface area contributed by atoms with Gasteiger partial charge in [-0.1, -0.05) is 0 Å². The lowest BCUT2D eigenvalue weighted by Gasteiger charge is -2.47. The Morgan fingerprint density at radius 1 is 0.857 bits per heavy atom. The van der Waals surface area contributed by atoms with Crippen LogP contribution in [0.2, 0.25) is 0 Å². The quantitative estimate of drug-likeness (QED) is 0.561. The number of hydrogen-bond acceptors (Lipinski definition) is 4. The molecule has 3 aliphatic heterocycles. The highest BCUT2D eigenvalue weighted by molar-refractivity contribution is 5.05. The maximum atomic E-state index is 5.92. The van der Waals surface area contributed by atoms with Crippen molar-refractivity contribution in [1.82, 2.24) is 10.6 Å². The number of rotatable bonds is 0. The van der Waals surface area contributed by atoms with Crippen molar-refractivity contribution >= 4 is 0 Å². The predicted octanol–water partition coefficient (Wildman–Crippen LogP) is -0.297. The van der Waals surface area contributed by atoms with Gasteiger partial charge in [0.2, 0.25) is 0 Å². The van der Waals surface area contributed by atoms with Gasteiger partial charge in [-0.15, -0.1) is 0 Å². The molecule has 3 fully saturated rings. The lowest BCUT2D eigenvalue weighted by atomic mass is 9.74. The molecule has 2 spiro atoms. The molecule has 4 heteroatoms. The van der Waals surface area contributed by atoms with E-state index in [1.165, 1.54) is 6.42 Å². The van der Waals surface area contributed by atoms with Crippen LogP contribution in [0.4, 0.5) is 0 Å². The fourth-order valence-corrected chi connectivity index (χ4v) is 3.11. The summed E-state index contributed by atoms with van der Waals surface area (Å²) in [6.45, 7) is 5.70. The number of hydrogen-bond donors (Lipinski definition) is 2. The smallest absolute Gasteiger partial charge is 0.177 e. The number of fused-ring (bicyclic) bond motifs is 1. The van der Waals surface area contributed by atoms with E-state index in [2.05, 4.69) is 10.6 Å². The van der Waals surface area contributed by atoms with Gasteiger partial charge in [0.05, 0.1) is 18.6 Å². The van der Waals surface area contributed by atoms with Crippen LogP contribution < -0.4 is 10.6 Å². The molecule has 0 amide bonds. The Hall–Kier alpha value is -0.160. The van der Waals surface area contributed by atoms with Crippen LogP contribution >= 0.6 is 0 Å². The van der Waals surface area contributed by atoms with Crippen molar-refractivity contribution in [3.05, 3.63) is 0 Å². The molecule has 0 saturated carbocycles. The second kappa shape index (κ2) is 3.17. The Morgan fingerprint density at radius 2 is 1.50 bits per heavy atom. The predicted molar refractivity (Wildman–Crippen MR) is 52.0 cm³/mol. The van der Waals surface area contributed by atoms with Crippen LogP contribution in [0.5, 0.6) is 0 Å². The molecule has 3 saturated heterocycles. The van der Waals surface area contributed by atoms with Gasteiger partial charge in [-0.05, 0) is 13.0 Å². The summed E-state index contributed by atoms with van der Waals surface area (Å²) in [5.74, 6) is -0.276. The zero-order valence-electron chi connectivity index (χ0n) is 8.47. The maximum absolute atomic E-state index is 5.92. The van der Waals surface area contributed by atoms with E-state index in [-0.39, 0.29) is 11.2 Å². The Bertz CT molecular complexity index is 196. The third-order valence-corrected chi connectivity index (χ3v) is 3.90. The molecule has 3 rings (SSSR count). The lowest BCUT2D eigenvalue weighted by molar-refractivity contribution is -0.244. The number of piperidine rings is 1. The van der Waals surface area contributed by atoms with E-state index in [0.717, 1.165) is 45.8 Å². The lowest BCUT2D eigenvalue weighted by Crippen LogP contribution is -2.60. The summed E-state index contributed by atoms with van der Waals surface area (Å²) in [5.41, 5.74) is 0.182. The largest absolute Gasteiger partial charge is 0.347 e. The molecule has 1 atom stereocenters. The first-order chi connectivity index (χ1) is 6.87. The topological polar surface area (TPSA) is 42.5 Å². The molecule has 0 aromatic carbocycles. The van der Waals surface area contributed by atoms with Crippen molar-refractivity contribution in [1.29, 1.82) is 0 Å². The summed E-state index contributed by atoms with van der Waals surface area (Å²) < 4.78 is 11.8. The van der Waals surface area contributed by atoms with Gasteiger partial charge >= 0.3 is 0 Å². The fraction of sp³-hybridized carbons (Fsp3) is 1.00. The molecule has 0 bridgehead atoms. The van der Waals surface area contributed by atoms with Gasteiger partial charge in [0, 0.05) is 26.1 Å². The van der Waals surface area contributed by atoms with Crippen molar-refractivity contribution in [2.75, 3.05) is 39.4 Å². The van der Waals surface area contributed by atoms with E-state index in [0.29, 0.717) is 0 Å². The van der Waals surface area contributed by atoms with E-state index in [4.69, 9.17) is 9.47 Å². The van der Waals surface area contributed by atoms with Crippen molar-refractivity contribution in [3.63, 3.8) is 0 Å². The van der Waals surface area contributed by atoms with Gasteiger partial charge in [0.15, 0.2) is 5.79 Å². The normalized spacial score (nSPS) is 41.1. The first-order valence-corrected chi connectivity index (χ1v) is 5.56. The highest BCUT2D eigenvalue weighted by Crippen LogP contribution is 2.46. The minimum atomic E-state index is -0.276. The van der Waals surface area contributed by atoms with Crippen LogP contribution in [0.15, 0.2) is 0 Å². The van der Waals surface area contributed by atoms with Crippen LogP contribution in [-0.4, -0.2) is 45.2 Å². The van der Waals surface area contributed by atoms with Gasteiger partial charge in [0.1, 0.15) is 0 Å². The van der Waals surface area contributed by atoms with E-state index >= 15 is 0 Å². The summed E-state index contributed by atoms with van der Waals surface area (Å²) >= 11 is 0. The second-order valence-electron chi connectivity index (χ2n) is 4.58. The molecule has 1 unspecified atom stereocenters. The Morgan fingerprint density at radius 3 is 2.21 bits per heavy atom. The first kappa shape index (κ1) is 9.09. The summed E-state index contributed by atoms with van der Waals surface area (Å²) in [5, 5.41) is 6.90. The van der Waals surface area contributed by atoms with Crippen LogP contribution in [0.1, 0.15) is 12.8 Å². The molecule has 2 N–H and O–H groups in total. The number of nitrogens with one attached hydrogen (secondary N) is 2. The molecule has 3 aliphatic rings.